The van der Waals surface area contributed by atoms with E-state index in [1.165, 1.54) is 38.6 Å². The number of hydrogen-bond acceptors (Lipinski definition) is 3. The van der Waals surface area contributed by atoms with Gasteiger partial charge in [0.05, 0.1) is 12.8 Å². The van der Waals surface area contributed by atoms with Crippen LogP contribution in [0, 0.1) is 5.92 Å². The summed E-state index contributed by atoms with van der Waals surface area (Å²) in [5, 5.41) is 3.49. The first-order valence-electron chi connectivity index (χ1n) is 8.23. The van der Waals surface area contributed by atoms with Crippen LogP contribution in [0.4, 0.5) is 0 Å². The molecule has 0 radical (unpaired) electrons. The van der Waals surface area contributed by atoms with E-state index in [9.17, 15) is 0 Å². The highest BCUT2D eigenvalue weighted by Gasteiger charge is 2.21. The summed E-state index contributed by atoms with van der Waals surface area (Å²) in [6, 6.07) is 4.81. The first kappa shape index (κ1) is 15.6. The summed E-state index contributed by atoms with van der Waals surface area (Å²) >= 11 is 0. The van der Waals surface area contributed by atoms with Crippen LogP contribution in [0.1, 0.15) is 51.7 Å². The van der Waals surface area contributed by atoms with Crippen LogP contribution >= 0.6 is 0 Å². The van der Waals surface area contributed by atoms with Crippen molar-refractivity contribution >= 4 is 0 Å². The topological polar surface area (TPSA) is 28.4 Å². The van der Waals surface area contributed by atoms with Crippen molar-refractivity contribution in [3.8, 4) is 0 Å². The molecule has 114 valence electrons. The van der Waals surface area contributed by atoms with Gasteiger partial charge in [0.15, 0.2) is 0 Å². The fourth-order valence-electron chi connectivity index (χ4n) is 3.02. The van der Waals surface area contributed by atoms with E-state index in [0.29, 0.717) is 0 Å². The fraction of sp³-hybridized carbons (Fsp3) is 0.765. The number of furan rings is 1. The highest BCUT2D eigenvalue weighted by Crippen LogP contribution is 2.23. The molecule has 2 rings (SSSR count). The molecule has 0 amide bonds. The molecule has 1 aromatic rings. The third-order valence-electron chi connectivity index (χ3n) is 4.29. The van der Waals surface area contributed by atoms with Crippen molar-refractivity contribution in [3.05, 3.63) is 24.2 Å². The molecular formula is C17H30N2O. The Morgan fingerprint density at radius 3 is 2.75 bits per heavy atom. The Morgan fingerprint density at radius 1 is 1.30 bits per heavy atom. The standard InChI is InChI=1S/C17H30N2O/c1-15(2)9-11-19(16-6-3-4-7-16)12-10-18-14-17-8-5-13-20-17/h5,8,13,15-16,18H,3-4,6-7,9-12,14H2,1-2H3. The van der Waals surface area contributed by atoms with Crippen molar-refractivity contribution in [2.75, 3.05) is 19.6 Å². The molecule has 1 saturated carbocycles. The molecule has 0 bridgehead atoms. The molecule has 1 aliphatic rings. The Kier molecular flexibility index (Phi) is 6.61. The zero-order valence-electron chi connectivity index (χ0n) is 13.1. The van der Waals surface area contributed by atoms with E-state index in [-0.39, 0.29) is 0 Å². The molecule has 0 aromatic carbocycles. The lowest BCUT2D eigenvalue weighted by Crippen LogP contribution is -2.39. The van der Waals surface area contributed by atoms with Gasteiger partial charge in [-0.15, -0.1) is 0 Å². The summed E-state index contributed by atoms with van der Waals surface area (Å²) in [5.41, 5.74) is 0. The van der Waals surface area contributed by atoms with Crippen LogP contribution < -0.4 is 5.32 Å². The van der Waals surface area contributed by atoms with E-state index in [1.54, 1.807) is 6.26 Å². The molecule has 20 heavy (non-hydrogen) atoms. The van der Waals surface area contributed by atoms with Gasteiger partial charge >= 0.3 is 0 Å². The summed E-state index contributed by atoms with van der Waals surface area (Å²) in [6.07, 6.45) is 8.69. The second-order valence-corrected chi connectivity index (χ2v) is 6.41. The molecule has 0 spiro atoms. The first-order chi connectivity index (χ1) is 9.75. The van der Waals surface area contributed by atoms with E-state index in [4.69, 9.17) is 4.42 Å². The van der Waals surface area contributed by atoms with Gasteiger partial charge in [0, 0.05) is 19.1 Å². The summed E-state index contributed by atoms with van der Waals surface area (Å²) in [5.74, 6) is 1.83. The zero-order valence-corrected chi connectivity index (χ0v) is 13.1. The van der Waals surface area contributed by atoms with Crippen molar-refractivity contribution in [3.63, 3.8) is 0 Å². The van der Waals surface area contributed by atoms with Crippen molar-refractivity contribution in [2.45, 2.75) is 58.5 Å². The molecule has 0 unspecified atom stereocenters. The lowest BCUT2D eigenvalue weighted by Gasteiger charge is -2.29. The third-order valence-corrected chi connectivity index (χ3v) is 4.29. The maximum Gasteiger partial charge on any atom is 0.117 e. The summed E-state index contributed by atoms with van der Waals surface area (Å²) in [6.45, 7) is 8.96. The number of nitrogens with one attached hydrogen (secondary N) is 1. The molecule has 0 saturated heterocycles. The third kappa shape index (κ3) is 5.29. The van der Waals surface area contributed by atoms with E-state index < -0.39 is 0 Å². The van der Waals surface area contributed by atoms with Gasteiger partial charge in [-0.05, 0) is 43.9 Å². The smallest absolute Gasteiger partial charge is 0.117 e. The average molecular weight is 278 g/mol. The van der Waals surface area contributed by atoms with E-state index >= 15 is 0 Å². The first-order valence-corrected chi connectivity index (χ1v) is 8.23. The molecule has 3 nitrogen and oxygen atoms in total. The molecule has 0 aliphatic heterocycles. The highest BCUT2D eigenvalue weighted by molar-refractivity contribution is 4.97. The zero-order chi connectivity index (χ0) is 14.2. The van der Waals surface area contributed by atoms with Crippen LogP contribution in [-0.2, 0) is 6.54 Å². The Morgan fingerprint density at radius 2 is 2.10 bits per heavy atom. The maximum absolute atomic E-state index is 5.34. The van der Waals surface area contributed by atoms with Gasteiger partial charge in [-0.25, -0.2) is 0 Å². The molecule has 1 N–H and O–H groups in total. The predicted octanol–water partition coefficient (Wildman–Crippen LogP) is 3.66. The van der Waals surface area contributed by atoms with Gasteiger partial charge < -0.3 is 9.73 Å². The second kappa shape index (κ2) is 8.48. The lowest BCUT2D eigenvalue weighted by molar-refractivity contribution is 0.188. The molecule has 1 heterocycles. The fourth-order valence-corrected chi connectivity index (χ4v) is 3.02. The molecule has 3 heteroatoms. The molecule has 1 aromatic heterocycles. The Bertz CT molecular complexity index is 342. The minimum Gasteiger partial charge on any atom is -0.468 e. The predicted molar refractivity (Wildman–Crippen MR) is 83.7 cm³/mol. The number of nitrogens with zero attached hydrogens (tertiary/aromatic N) is 1. The van der Waals surface area contributed by atoms with Crippen LogP contribution in [0.15, 0.2) is 22.8 Å². The van der Waals surface area contributed by atoms with Crippen molar-refractivity contribution in [2.24, 2.45) is 5.92 Å². The molecule has 1 fully saturated rings. The normalized spacial score (nSPS) is 16.6. The van der Waals surface area contributed by atoms with Crippen molar-refractivity contribution in [1.82, 2.24) is 10.2 Å². The Hall–Kier alpha value is -0.800. The SMILES string of the molecule is CC(C)CCN(CCNCc1ccco1)C1CCCC1. The summed E-state index contributed by atoms with van der Waals surface area (Å²) in [7, 11) is 0. The molecular weight excluding hydrogens is 248 g/mol. The van der Waals surface area contributed by atoms with Gasteiger partial charge in [0.2, 0.25) is 0 Å². The minimum absolute atomic E-state index is 0.801. The van der Waals surface area contributed by atoms with E-state index in [2.05, 4.69) is 24.1 Å². The Labute approximate surface area is 123 Å². The van der Waals surface area contributed by atoms with Crippen LogP contribution in [0.5, 0.6) is 0 Å². The van der Waals surface area contributed by atoms with Gasteiger partial charge in [-0.2, -0.15) is 0 Å². The van der Waals surface area contributed by atoms with Gasteiger partial charge in [-0.3, -0.25) is 4.90 Å². The average Bonchev–Trinajstić information content (AvgIpc) is 3.10. The van der Waals surface area contributed by atoms with Crippen LogP contribution in [0.3, 0.4) is 0 Å². The summed E-state index contributed by atoms with van der Waals surface area (Å²) in [4.78, 5) is 2.71. The summed E-state index contributed by atoms with van der Waals surface area (Å²) < 4.78 is 5.34. The van der Waals surface area contributed by atoms with Crippen molar-refractivity contribution < 1.29 is 4.42 Å². The largest absolute Gasteiger partial charge is 0.468 e. The number of rotatable bonds is 9. The van der Waals surface area contributed by atoms with E-state index in [1.807, 2.05) is 12.1 Å². The molecule has 1 aliphatic carbocycles. The maximum atomic E-state index is 5.34. The van der Waals surface area contributed by atoms with Gasteiger partial charge in [0.25, 0.3) is 0 Å². The van der Waals surface area contributed by atoms with Gasteiger partial charge in [-0.1, -0.05) is 26.7 Å². The van der Waals surface area contributed by atoms with Crippen LogP contribution in [0.2, 0.25) is 0 Å². The van der Waals surface area contributed by atoms with E-state index in [0.717, 1.165) is 37.4 Å². The monoisotopic (exact) mass is 278 g/mol. The Balaban J connectivity index is 1.69. The highest BCUT2D eigenvalue weighted by atomic mass is 16.3. The lowest BCUT2D eigenvalue weighted by atomic mass is 10.1. The van der Waals surface area contributed by atoms with Crippen LogP contribution in [-0.4, -0.2) is 30.6 Å². The molecule has 0 atom stereocenters. The van der Waals surface area contributed by atoms with Gasteiger partial charge in [0.1, 0.15) is 5.76 Å². The second-order valence-electron chi connectivity index (χ2n) is 6.41. The number of hydrogen-bond donors (Lipinski definition) is 1. The quantitative estimate of drug-likeness (QED) is 0.699. The minimum atomic E-state index is 0.801. The van der Waals surface area contributed by atoms with Crippen LogP contribution in [0.25, 0.3) is 0 Å². The van der Waals surface area contributed by atoms with Crippen molar-refractivity contribution in [1.29, 1.82) is 0 Å².